The molecule has 0 saturated heterocycles. The van der Waals surface area contributed by atoms with Crippen molar-refractivity contribution in [1.29, 1.82) is 0 Å². The zero-order valence-electron chi connectivity index (χ0n) is 15.6. The zero-order valence-corrected chi connectivity index (χ0v) is 17.3. The summed E-state index contributed by atoms with van der Waals surface area (Å²) in [4.78, 5) is 13.1. The van der Waals surface area contributed by atoms with Gasteiger partial charge in [0.1, 0.15) is 0 Å². The van der Waals surface area contributed by atoms with Crippen molar-refractivity contribution in [3.63, 3.8) is 0 Å². The summed E-state index contributed by atoms with van der Waals surface area (Å²) in [7, 11) is -1.93. The summed E-state index contributed by atoms with van der Waals surface area (Å²) < 4.78 is 23.4. The molecule has 0 spiro atoms. The van der Waals surface area contributed by atoms with Gasteiger partial charge in [-0.1, -0.05) is 42.5 Å². The molecule has 1 heterocycles. The van der Waals surface area contributed by atoms with E-state index in [1.807, 2.05) is 35.7 Å². The number of aryl methyl sites for hydroxylation is 1. The predicted octanol–water partition coefficient (Wildman–Crippen LogP) is 4.27. The number of amides is 1. The SMILES string of the molecule is CN(O)C(=O)CCc1scc(-c2ccc(S(C)(=O)=O)cc2)c1-c1ccccc1. The summed E-state index contributed by atoms with van der Waals surface area (Å²) in [6, 6.07) is 16.7. The average molecular weight is 416 g/mol. The van der Waals surface area contributed by atoms with E-state index in [0.717, 1.165) is 27.1 Å². The Balaban J connectivity index is 2.03. The topological polar surface area (TPSA) is 74.7 Å². The number of nitrogens with zero attached hydrogens (tertiary/aromatic N) is 1. The molecule has 7 heteroatoms. The van der Waals surface area contributed by atoms with Gasteiger partial charge in [-0.2, -0.15) is 0 Å². The minimum atomic E-state index is -3.25. The second kappa shape index (κ2) is 8.26. The van der Waals surface area contributed by atoms with Crippen LogP contribution in [0.3, 0.4) is 0 Å². The fraction of sp³-hybridized carbons (Fsp3) is 0.190. The van der Waals surface area contributed by atoms with Crippen molar-refractivity contribution in [2.45, 2.75) is 17.7 Å². The number of hydroxylamine groups is 2. The van der Waals surface area contributed by atoms with Crippen LogP contribution in [0.15, 0.2) is 64.9 Å². The number of carbonyl (C=O) groups excluding carboxylic acids is 1. The van der Waals surface area contributed by atoms with Crippen LogP contribution in [0.4, 0.5) is 0 Å². The van der Waals surface area contributed by atoms with Crippen molar-refractivity contribution < 1.29 is 18.4 Å². The molecule has 3 rings (SSSR count). The highest BCUT2D eigenvalue weighted by molar-refractivity contribution is 7.90. The molecule has 1 aromatic heterocycles. The van der Waals surface area contributed by atoms with E-state index >= 15 is 0 Å². The molecule has 28 heavy (non-hydrogen) atoms. The van der Waals surface area contributed by atoms with Gasteiger partial charge >= 0.3 is 0 Å². The number of thiophene rings is 1. The Morgan fingerprint density at radius 3 is 2.25 bits per heavy atom. The van der Waals surface area contributed by atoms with Crippen molar-refractivity contribution >= 4 is 27.1 Å². The minimum Gasteiger partial charge on any atom is -0.286 e. The summed E-state index contributed by atoms with van der Waals surface area (Å²) in [6.45, 7) is 0. The molecule has 3 aromatic rings. The fourth-order valence-corrected chi connectivity index (χ4v) is 4.69. The highest BCUT2D eigenvalue weighted by atomic mass is 32.2. The smallest absolute Gasteiger partial charge is 0.246 e. The van der Waals surface area contributed by atoms with Crippen molar-refractivity contribution in [3.8, 4) is 22.3 Å². The van der Waals surface area contributed by atoms with Crippen molar-refractivity contribution in [3.05, 3.63) is 64.9 Å². The Morgan fingerprint density at radius 1 is 1.04 bits per heavy atom. The van der Waals surface area contributed by atoms with Gasteiger partial charge in [0.15, 0.2) is 9.84 Å². The molecule has 0 atom stereocenters. The Morgan fingerprint density at radius 2 is 1.68 bits per heavy atom. The van der Waals surface area contributed by atoms with E-state index < -0.39 is 9.84 Å². The van der Waals surface area contributed by atoms with Crippen LogP contribution in [-0.2, 0) is 21.1 Å². The maximum atomic E-state index is 11.8. The minimum absolute atomic E-state index is 0.208. The lowest BCUT2D eigenvalue weighted by atomic mass is 9.95. The number of hydrogen-bond donors (Lipinski definition) is 1. The summed E-state index contributed by atoms with van der Waals surface area (Å²) in [5.74, 6) is -0.341. The highest BCUT2D eigenvalue weighted by Crippen LogP contribution is 2.40. The van der Waals surface area contributed by atoms with Crippen molar-refractivity contribution in [2.24, 2.45) is 0 Å². The van der Waals surface area contributed by atoms with Crippen LogP contribution in [0.25, 0.3) is 22.3 Å². The molecule has 2 aromatic carbocycles. The molecule has 0 unspecified atom stereocenters. The Hall–Kier alpha value is -2.48. The average Bonchev–Trinajstić information content (AvgIpc) is 3.10. The fourth-order valence-electron chi connectivity index (χ4n) is 2.98. The van der Waals surface area contributed by atoms with Gasteiger partial charge in [0.05, 0.1) is 4.90 Å². The van der Waals surface area contributed by atoms with Gasteiger partial charge in [-0.25, -0.2) is 13.5 Å². The zero-order chi connectivity index (χ0) is 20.3. The maximum Gasteiger partial charge on any atom is 0.246 e. The van der Waals surface area contributed by atoms with Crippen molar-refractivity contribution in [2.75, 3.05) is 13.3 Å². The maximum absolute atomic E-state index is 11.8. The summed E-state index contributed by atoms with van der Waals surface area (Å²) in [5, 5.41) is 11.9. The number of hydrogen-bond acceptors (Lipinski definition) is 5. The van der Waals surface area contributed by atoms with E-state index in [1.54, 1.807) is 35.6 Å². The van der Waals surface area contributed by atoms with Gasteiger partial charge in [-0.3, -0.25) is 10.0 Å². The van der Waals surface area contributed by atoms with Gasteiger partial charge in [0.25, 0.3) is 0 Å². The third kappa shape index (κ3) is 4.49. The second-order valence-electron chi connectivity index (χ2n) is 6.53. The standard InChI is InChI=1S/C21H21NO4S2/c1-22(24)20(23)13-12-19-21(16-6-4-3-5-7-16)18(14-27-19)15-8-10-17(11-9-15)28(2,25)26/h3-11,14,24H,12-13H2,1-2H3. The molecule has 5 nitrogen and oxygen atoms in total. The van der Waals surface area contributed by atoms with E-state index in [2.05, 4.69) is 0 Å². The van der Waals surface area contributed by atoms with Gasteiger partial charge in [0.2, 0.25) is 5.91 Å². The normalized spacial score (nSPS) is 11.4. The number of carbonyl (C=O) groups is 1. The molecule has 0 aliphatic carbocycles. The monoisotopic (exact) mass is 415 g/mol. The van der Waals surface area contributed by atoms with E-state index in [4.69, 9.17) is 0 Å². The van der Waals surface area contributed by atoms with Crippen LogP contribution in [0.2, 0.25) is 0 Å². The molecule has 0 aliphatic rings. The third-order valence-corrected chi connectivity index (χ3v) is 6.62. The lowest BCUT2D eigenvalue weighted by Gasteiger charge is -2.11. The molecule has 0 fully saturated rings. The van der Waals surface area contributed by atoms with Gasteiger partial charge in [-0.05, 0) is 35.1 Å². The number of benzene rings is 2. The molecule has 146 valence electrons. The quantitative estimate of drug-likeness (QED) is 0.482. The van der Waals surface area contributed by atoms with E-state index in [1.165, 1.54) is 13.3 Å². The molecule has 0 radical (unpaired) electrons. The third-order valence-electron chi connectivity index (χ3n) is 4.45. The predicted molar refractivity (Wildman–Crippen MR) is 111 cm³/mol. The van der Waals surface area contributed by atoms with Crippen molar-refractivity contribution in [1.82, 2.24) is 5.06 Å². The second-order valence-corrected chi connectivity index (χ2v) is 9.51. The lowest BCUT2D eigenvalue weighted by Crippen LogP contribution is -2.22. The van der Waals surface area contributed by atoms with Gasteiger partial charge in [-0.15, -0.1) is 11.3 Å². The number of sulfone groups is 1. The van der Waals surface area contributed by atoms with E-state index in [0.29, 0.717) is 11.5 Å². The Labute approximate surface area is 168 Å². The molecule has 0 saturated carbocycles. The first-order valence-electron chi connectivity index (χ1n) is 8.69. The van der Waals surface area contributed by atoms with Crippen LogP contribution < -0.4 is 0 Å². The van der Waals surface area contributed by atoms with Crippen LogP contribution in [0, 0.1) is 0 Å². The van der Waals surface area contributed by atoms with E-state index in [-0.39, 0.29) is 17.2 Å². The summed E-state index contributed by atoms with van der Waals surface area (Å²) in [5.41, 5.74) is 3.98. The van der Waals surface area contributed by atoms with Crippen LogP contribution in [0.1, 0.15) is 11.3 Å². The summed E-state index contributed by atoms with van der Waals surface area (Å²) >= 11 is 1.56. The molecule has 0 aliphatic heterocycles. The Kier molecular flexibility index (Phi) is 5.98. The molecule has 0 bridgehead atoms. The highest BCUT2D eigenvalue weighted by Gasteiger charge is 2.17. The molecule has 1 N–H and O–H groups in total. The van der Waals surface area contributed by atoms with Crippen LogP contribution in [0.5, 0.6) is 0 Å². The Bertz CT molecular complexity index is 1070. The molecular weight excluding hydrogens is 394 g/mol. The van der Waals surface area contributed by atoms with Crippen LogP contribution >= 0.6 is 11.3 Å². The number of rotatable bonds is 6. The largest absolute Gasteiger partial charge is 0.286 e. The molecule has 1 amide bonds. The van der Waals surface area contributed by atoms with Gasteiger partial charge < -0.3 is 0 Å². The first-order valence-corrected chi connectivity index (χ1v) is 11.5. The lowest BCUT2D eigenvalue weighted by molar-refractivity contribution is -0.159. The van der Waals surface area contributed by atoms with E-state index in [9.17, 15) is 18.4 Å². The molecular formula is C21H21NO4S2. The summed E-state index contributed by atoms with van der Waals surface area (Å²) in [6.07, 6.45) is 1.91. The first-order chi connectivity index (χ1) is 13.3. The van der Waals surface area contributed by atoms with Gasteiger partial charge in [0, 0.05) is 35.7 Å². The van der Waals surface area contributed by atoms with Crippen LogP contribution in [-0.4, -0.2) is 37.9 Å². The first kappa shape index (κ1) is 20.3.